The molecule has 0 amide bonds. The van der Waals surface area contributed by atoms with Crippen molar-refractivity contribution in [1.29, 1.82) is 0 Å². The molecule has 3 heterocycles. The number of carbonyl (C=O) groups excluding carboxylic acids is 3. The van der Waals surface area contributed by atoms with Crippen molar-refractivity contribution in [2.45, 2.75) is 136 Å². The molecule has 2 aliphatic rings. The van der Waals surface area contributed by atoms with Crippen LogP contribution in [0.25, 0.3) is 0 Å². The Morgan fingerprint density at radius 2 is 1.78 bits per heavy atom. The Bertz CT molecular complexity index is 1190. The Kier molecular flexibility index (Phi) is 12.9. The molecule has 0 saturated carbocycles. The van der Waals surface area contributed by atoms with Gasteiger partial charge in [0.25, 0.3) is 0 Å². The van der Waals surface area contributed by atoms with Crippen LogP contribution in [0, 0.1) is 23.7 Å². The summed E-state index contributed by atoms with van der Waals surface area (Å²) in [6.07, 6.45) is -2.08. The molecule has 262 valence electrons. The lowest BCUT2D eigenvalue weighted by atomic mass is 9.79. The van der Waals surface area contributed by atoms with Crippen LogP contribution in [0.15, 0.2) is 6.20 Å². The van der Waals surface area contributed by atoms with Crippen LogP contribution in [0.4, 0.5) is 0 Å². The molecular weight excluding hydrogens is 602 g/mol. The minimum Gasteiger partial charge on any atom is -0.462 e. The molecule has 1 aromatic heterocycles. The normalized spacial score (nSPS) is 38.7. The maximum Gasteiger partial charge on any atom is 0.328 e. The van der Waals surface area contributed by atoms with Crippen molar-refractivity contribution in [2.24, 2.45) is 23.7 Å². The van der Waals surface area contributed by atoms with Gasteiger partial charge in [-0.1, -0.05) is 39.8 Å². The molecule has 2 aliphatic heterocycles. The molecule has 2 fully saturated rings. The molecule has 3 N–H and O–H groups in total. The van der Waals surface area contributed by atoms with E-state index in [-0.39, 0.29) is 37.2 Å². The fourth-order valence-electron chi connectivity index (χ4n) is 6.30. The molecule has 0 spiro atoms. The van der Waals surface area contributed by atoms with Crippen LogP contribution in [0.1, 0.15) is 92.7 Å². The molecule has 3 rings (SSSR count). The monoisotopic (exact) mass is 655 g/mol. The lowest BCUT2D eigenvalue weighted by molar-refractivity contribution is -0.319. The topological polar surface area (TPSA) is 189 Å². The number of hydrogen-bond donors (Lipinski definition) is 3. The molecule has 0 aromatic carbocycles. The minimum atomic E-state index is -1.96. The van der Waals surface area contributed by atoms with Crippen LogP contribution in [-0.4, -0.2) is 104 Å². The Labute approximate surface area is 271 Å². The fourth-order valence-corrected chi connectivity index (χ4v) is 6.30. The van der Waals surface area contributed by atoms with E-state index in [1.54, 1.807) is 27.0 Å². The number of methoxy groups -OCH3 is 1. The van der Waals surface area contributed by atoms with Crippen molar-refractivity contribution < 1.29 is 53.4 Å². The van der Waals surface area contributed by atoms with Gasteiger partial charge in [-0.05, 0) is 45.4 Å². The van der Waals surface area contributed by atoms with Gasteiger partial charge in [0.2, 0.25) is 0 Å². The maximum atomic E-state index is 13.6. The standard InChI is InChI=1S/C32H53N3O11/c1-17(2)23-14-35(34-33-23)15-25(36)45-27-19(4)13-32(42-9,46-24-11-10-20(5)44-30(24)40)12-18(3)26(37)21(6)28(38)31(8,41)16-43-29(39)22(27)7/h14,17-22,24,27-28,30,38,40-41H,10-13,15-16H2,1-9H3/t18-,19-,20?,21?,22?,24?,27+,28?,30?,31-,32+/m1/s1. The molecule has 46 heavy (non-hydrogen) atoms. The Morgan fingerprint density at radius 3 is 2.37 bits per heavy atom. The number of nitrogens with zero attached hydrogens (tertiary/aromatic N) is 3. The lowest BCUT2D eigenvalue weighted by Crippen LogP contribution is -2.53. The molecule has 0 radical (unpaired) electrons. The second-order valence-electron chi connectivity index (χ2n) is 13.8. The number of cyclic esters (lactones) is 1. The highest BCUT2D eigenvalue weighted by molar-refractivity contribution is 5.83. The number of ketones is 1. The van der Waals surface area contributed by atoms with E-state index >= 15 is 0 Å². The zero-order chi connectivity index (χ0) is 34.6. The number of aliphatic hydroxyl groups is 3. The second-order valence-corrected chi connectivity index (χ2v) is 13.8. The largest absolute Gasteiger partial charge is 0.462 e. The third kappa shape index (κ3) is 9.32. The highest BCUT2D eigenvalue weighted by Crippen LogP contribution is 2.38. The molecule has 2 saturated heterocycles. The number of carbonyl (C=O) groups is 3. The van der Waals surface area contributed by atoms with Gasteiger partial charge >= 0.3 is 11.9 Å². The van der Waals surface area contributed by atoms with Gasteiger partial charge < -0.3 is 39.0 Å². The zero-order valence-corrected chi connectivity index (χ0v) is 28.5. The van der Waals surface area contributed by atoms with Crippen LogP contribution < -0.4 is 0 Å². The molecule has 14 nitrogen and oxygen atoms in total. The molecule has 0 aliphatic carbocycles. The number of hydrogen-bond acceptors (Lipinski definition) is 13. The number of ether oxygens (including phenoxy) is 5. The van der Waals surface area contributed by atoms with Gasteiger partial charge in [0.15, 0.2) is 12.1 Å². The average Bonchev–Trinajstić information content (AvgIpc) is 3.46. The minimum absolute atomic E-state index is 0.00107. The van der Waals surface area contributed by atoms with Gasteiger partial charge in [-0.2, -0.15) is 0 Å². The van der Waals surface area contributed by atoms with E-state index in [0.717, 1.165) is 0 Å². The van der Waals surface area contributed by atoms with Crippen molar-refractivity contribution in [3.63, 3.8) is 0 Å². The summed E-state index contributed by atoms with van der Waals surface area (Å²) >= 11 is 0. The highest BCUT2D eigenvalue weighted by atomic mass is 16.7. The Balaban J connectivity index is 2.00. The summed E-state index contributed by atoms with van der Waals surface area (Å²) in [4.78, 5) is 40.2. The Hall–Kier alpha value is -2.49. The van der Waals surface area contributed by atoms with Crippen molar-refractivity contribution in [3.8, 4) is 0 Å². The van der Waals surface area contributed by atoms with Gasteiger partial charge in [0, 0.05) is 38.0 Å². The summed E-state index contributed by atoms with van der Waals surface area (Å²) in [6.45, 7) is 12.7. The first-order valence-corrected chi connectivity index (χ1v) is 16.2. The summed E-state index contributed by atoms with van der Waals surface area (Å²) in [7, 11) is 1.42. The van der Waals surface area contributed by atoms with E-state index < -0.39 is 78.2 Å². The van der Waals surface area contributed by atoms with Gasteiger partial charge in [-0.15, -0.1) is 5.10 Å². The van der Waals surface area contributed by atoms with E-state index in [0.29, 0.717) is 18.5 Å². The predicted octanol–water partition coefficient (Wildman–Crippen LogP) is 2.12. The van der Waals surface area contributed by atoms with E-state index in [2.05, 4.69) is 10.3 Å². The highest BCUT2D eigenvalue weighted by Gasteiger charge is 2.48. The number of aromatic nitrogens is 3. The number of aliphatic hydroxyl groups excluding tert-OH is 2. The SMILES string of the molecule is CO[C@]1(OC2CCC(C)OC2O)C[C@@H](C)C(=O)C(C)C(O)[C@](C)(O)COC(=O)C(C)[C@@H](OC(=O)Cn2cc(C(C)C)nn2)[C@H](C)C1. The van der Waals surface area contributed by atoms with Gasteiger partial charge in [0.1, 0.15) is 36.7 Å². The van der Waals surface area contributed by atoms with Crippen LogP contribution >= 0.6 is 0 Å². The predicted molar refractivity (Wildman–Crippen MR) is 163 cm³/mol. The molecular formula is C32H53N3O11. The Morgan fingerprint density at radius 1 is 1.11 bits per heavy atom. The molecule has 6 unspecified atom stereocenters. The first-order chi connectivity index (χ1) is 21.4. The number of esters is 2. The van der Waals surface area contributed by atoms with Crippen LogP contribution in [0.2, 0.25) is 0 Å². The summed E-state index contributed by atoms with van der Waals surface area (Å²) in [5.41, 5.74) is -1.25. The first kappa shape index (κ1) is 38.0. The molecule has 14 heteroatoms. The fraction of sp³-hybridized carbons (Fsp3) is 0.844. The zero-order valence-electron chi connectivity index (χ0n) is 28.5. The van der Waals surface area contributed by atoms with Crippen molar-refractivity contribution in [2.75, 3.05) is 13.7 Å². The molecule has 1 aromatic rings. The second kappa shape index (κ2) is 15.6. The third-order valence-corrected chi connectivity index (χ3v) is 9.22. The van der Waals surface area contributed by atoms with Gasteiger partial charge in [-0.3, -0.25) is 14.4 Å². The van der Waals surface area contributed by atoms with Gasteiger partial charge in [0.05, 0.1) is 23.8 Å². The summed E-state index contributed by atoms with van der Waals surface area (Å²) in [5, 5.41) is 40.8. The van der Waals surface area contributed by atoms with Crippen molar-refractivity contribution >= 4 is 17.7 Å². The van der Waals surface area contributed by atoms with Crippen LogP contribution in [-0.2, 0) is 44.6 Å². The van der Waals surface area contributed by atoms with Crippen molar-refractivity contribution in [3.05, 3.63) is 11.9 Å². The summed E-state index contributed by atoms with van der Waals surface area (Å²) in [6, 6.07) is 0. The smallest absolute Gasteiger partial charge is 0.328 e. The maximum absolute atomic E-state index is 13.6. The lowest BCUT2D eigenvalue weighted by Gasteiger charge is -2.44. The number of rotatable bonds is 7. The molecule has 11 atom stereocenters. The van der Waals surface area contributed by atoms with Crippen LogP contribution in [0.3, 0.4) is 0 Å². The summed E-state index contributed by atoms with van der Waals surface area (Å²) < 4.78 is 30.8. The van der Waals surface area contributed by atoms with E-state index in [1.165, 1.54) is 25.6 Å². The van der Waals surface area contributed by atoms with Crippen molar-refractivity contribution in [1.82, 2.24) is 15.0 Å². The van der Waals surface area contributed by atoms with E-state index in [1.807, 2.05) is 20.8 Å². The summed E-state index contributed by atoms with van der Waals surface area (Å²) in [5.74, 6) is -6.62. The molecule has 0 bridgehead atoms. The average molecular weight is 656 g/mol. The van der Waals surface area contributed by atoms with E-state index in [4.69, 9.17) is 23.7 Å². The van der Waals surface area contributed by atoms with Crippen LogP contribution in [0.5, 0.6) is 0 Å². The third-order valence-electron chi connectivity index (χ3n) is 9.22. The number of Topliss-reactive ketones (excluding diaryl/α,β-unsaturated/α-hetero) is 1. The van der Waals surface area contributed by atoms with Gasteiger partial charge in [-0.25, -0.2) is 4.68 Å². The quantitative estimate of drug-likeness (QED) is 0.286. The van der Waals surface area contributed by atoms with E-state index in [9.17, 15) is 29.7 Å². The first-order valence-electron chi connectivity index (χ1n) is 16.2.